The first-order valence-corrected chi connectivity index (χ1v) is 11.8. The number of sulfone groups is 1. The largest absolute Gasteiger partial charge is 0.381 e. The van der Waals surface area contributed by atoms with Gasteiger partial charge in [0.2, 0.25) is 5.91 Å². The molecule has 0 aliphatic carbocycles. The van der Waals surface area contributed by atoms with Crippen LogP contribution in [-0.2, 0) is 19.4 Å². The van der Waals surface area contributed by atoms with Crippen molar-refractivity contribution in [2.75, 3.05) is 25.5 Å². The third-order valence-electron chi connectivity index (χ3n) is 4.79. The lowest BCUT2D eigenvalue weighted by atomic mass is 9.99. The van der Waals surface area contributed by atoms with Gasteiger partial charge >= 0.3 is 0 Å². The number of rotatable bonds is 8. The highest BCUT2D eigenvalue weighted by atomic mass is 32.2. The van der Waals surface area contributed by atoms with Gasteiger partial charge in [-0.25, -0.2) is 8.42 Å². The van der Waals surface area contributed by atoms with Crippen LogP contribution >= 0.6 is 11.8 Å². The molecule has 0 radical (unpaired) electrons. The van der Waals surface area contributed by atoms with Gasteiger partial charge in [0, 0.05) is 35.8 Å². The molecule has 0 atom stereocenters. The van der Waals surface area contributed by atoms with Crippen LogP contribution in [0.2, 0.25) is 0 Å². The van der Waals surface area contributed by atoms with Gasteiger partial charge in [0.25, 0.3) is 0 Å². The summed E-state index contributed by atoms with van der Waals surface area (Å²) in [4.78, 5) is 13.8. The molecular weight excluding hydrogens is 394 g/mol. The Kier molecular flexibility index (Phi) is 7.15. The molecule has 0 aromatic heterocycles. The summed E-state index contributed by atoms with van der Waals surface area (Å²) in [6.45, 7) is 1.83. The smallest absolute Gasteiger partial charge is 0.221 e. The van der Waals surface area contributed by atoms with E-state index in [9.17, 15) is 13.2 Å². The van der Waals surface area contributed by atoms with Gasteiger partial charge in [-0.05, 0) is 37.1 Å². The van der Waals surface area contributed by atoms with Crippen molar-refractivity contribution >= 4 is 27.5 Å². The van der Waals surface area contributed by atoms with Crippen molar-refractivity contribution in [2.45, 2.75) is 33.8 Å². The minimum Gasteiger partial charge on any atom is -0.381 e. The lowest BCUT2D eigenvalue weighted by Crippen LogP contribution is -2.44. The fraction of sp³-hybridized carbons (Fsp3) is 0.381. The highest BCUT2D eigenvalue weighted by molar-refractivity contribution is 8.00. The molecule has 3 rings (SSSR count). The van der Waals surface area contributed by atoms with Gasteiger partial charge in [-0.3, -0.25) is 4.79 Å². The molecule has 1 fully saturated rings. The summed E-state index contributed by atoms with van der Waals surface area (Å²) in [5.74, 6) is -0.427. The second-order valence-electron chi connectivity index (χ2n) is 6.87. The van der Waals surface area contributed by atoms with Gasteiger partial charge in [0.05, 0.1) is 10.6 Å². The maximum atomic E-state index is 12.3. The summed E-state index contributed by atoms with van der Waals surface area (Å²) in [5.41, 5.74) is 0. The minimum atomic E-state index is -3.45. The molecule has 0 unspecified atom stereocenters. The molecule has 2 aromatic rings. The van der Waals surface area contributed by atoms with E-state index in [0.29, 0.717) is 19.8 Å². The second kappa shape index (κ2) is 9.58. The van der Waals surface area contributed by atoms with Crippen molar-refractivity contribution in [1.82, 2.24) is 5.32 Å². The summed E-state index contributed by atoms with van der Waals surface area (Å²) >= 11 is 1.76. The van der Waals surface area contributed by atoms with Crippen LogP contribution in [0.25, 0.3) is 0 Å². The quantitative estimate of drug-likeness (QED) is 0.711. The average Bonchev–Trinajstić information content (AvgIpc) is 2.73. The molecule has 0 spiro atoms. The van der Waals surface area contributed by atoms with E-state index in [1.807, 2.05) is 18.2 Å². The van der Waals surface area contributed by atoms with Gasteiger partial charge in [-0.2, -0.15) is 0 Å². The van der Waals surface area contributed by atoms with Crippen molar-refractivity contribution in [3.05, 3.63) is 60.7 Å². The van der Waals surface area contributed by atoms with Crippen LogP contribution in [0.5, 0.6) is 0 Å². The fourth-order valence-corrected chi connectivity index (χ4v) is 5.69. The first-order valence-electron chi connectivity index (χ1n) is 9.35. The molecule has 1 aliphatic rings. The number of hydrogen-bond acceptors (Lipinski definition) is 5. The first-order chi connectivity index (χ1) is 13.5. The van der Waals surface area contributed by atoms with Crippen molar-refractivity contribution in [2.24, 2.45) is 0 Å². The molecule has 0 saturated carbocycles. The van der Waals surface area contributed by atoms with E-state index in [0.717, 1.165) is 17.7 Å². The fourth-order valence-electron chi connectivity index (χ4n) is 3.12. The highest BCUT2D eigenvalue weighted by Crippen LogP contribution is 2.40. The van der Waals surface area contributed by atoms with Gasteiger partial charge in [0.1, 0.15) is 0 Å². The summed E-state index contributed by atoms with van der Waals surface area (Å²) < 4.78 is 30.1. The Bertz CT molecular complexity index is 864. The molecule has 7 heteroatoms. The third kappa shape index (κ3) is 5.83. The molecule has 1 heterocycles. The number of amides is 1. The van der Waals surface area contributed by atoms with E-state index in [-0.39, 0.29) is 27.7 Å². The molecule has 1 N–H and O–H groups in total. The van der Waals surface area contributed by atoms with E-state index in [1.54, 1.807) is 42.1 Å². The second-order valence-corrected chi connectivity index (χ2v) is 10.5. The van der Waals surface area contributed by atoms with Crippen LogP contribution in [0.4, 0.5) is 0 Å². The van der Waals surface area contributed by atoms with Crippen LogP contribution in [-0.4, -0.2) is 44.6 Å². The van der Waals surface area contributed by atoms with Crippen LogP contribution in [0.3, 0.4) is 0 Å². The zero-order valence-electron chi connectivity index (χ0n) is 15.7. The molecule has 1 saturated heterocycles. The van der Waals surface area contributed by atoms with E-state index in [2.05, 4.69) is 17.4 Å². The Balaban J connectivity index is 1.56. The van der Waals surface area contributed by atoms with Crippen molar-refractivity contribution < 1.29 is 17.9 Å². The number of hydrogen-bond donors (Lipinski definition) is 1. The van der Waals surface area contributed by atoms with Crippen LogP contribution in [0, 0.1) is 0 Å². The Morgan fingerprint density at radius 1 is 1.00 bits per heavy atom. The van der Waals surface area contributed by atoms with Gasteiger partial charge < -0.3 is 10.1 Å². The Labute approximate surface area is 170 Å². The summed E-state index contributed by atoms with van der Waals surface area (Å²) in [6.07, 6.45) is 1.64. The van der Waals surface area contributed by atoms with Gasteiger partial charge in [-0.15, -0.1) is 11.8 Å². The van der Waals surface area contributed by atoms with E-state index >= 15 is 0 Å². The first kappa shape index (κ1) is 20.9. The zero-order chi connectivity index (χ0) is 19.9. The summed E-state index contributed by atoms with van der Waals surface area (Å²) in [5, 5.41) is 2.96. The molecule has 150 valence electrons. The van der Waals surface area contributed by atoms with Gasteiger partial charge in [0.15, 0.2) is 9.84 Å². The normalized spacial score (nSPS) is 16.4. The SMILES string of the molecule is O=C(CCS(=O)(=O)c1ccccc1)NCC1(Sc2ccccc2)CCOCC1. The minimum absolute atomic E-state index is 0.0419. The number of ether oxygens (including phenoxy) is 1. The molecule has 2 aromatic carbocycles. The standard InChI is InChI=1S/C21H25NO4S2/c23-20(11-16-28(24,25)19-9-5-2-6-10-19)22-17-21(12-14-26-15-13-21)27-18-7-3-1-4-8-18/h1-10H,11-17H2,(H,22,23). The number of benzene rings is 2. The van der Waals surface area contributed by atoms with Crippen LogP contribution < -0.4 is 5.32 Å². The number of carbonyl (C=O) groups is 1. The van der Waals surface area contributed by atoms with Gasteiger partial charge in [-0.1, -0.05) is 36.4 Å². The van der Waals surface area contributed by atoms with Crippen LogP contribution in [0.1, 0.15) is 19.3 Å². The molecule has 28 heavy (non-hydrogen) atoms. The Morgan fingerprint density at radius 2 is 1.61 bits per heavy atom. The Hall–Kier alpha value is -1.83. The zero-order valence-corrected chi connectivity index (χ0v) is 17.3. The number of nitrogens with one attached hydrogen (secondary N) is 1. The highest BCUT2D eigenvalue weighted by Gasteiger charge is 2.34. The van der Waals surface area contributed by atoms with E-state index < -0.39 is 9.84 Å². The Morgan fingerprint density at radius 3 is 2.25 bits per heavy atom. The van der Waals surface area contributed by atoms with Crippen molar-refractivity contribution in [1.29, 1.82) is 0 Å². The molecule has 0 bridgehead atoms. The predicted octanol–water partition coefficient (Wildman–Crippen LogP) is 3.31. The van der Waals surface area contributed by atoms with Crippen LogP contribution in [0.15, 0.2) is 70.5 Å². The number of carbonyl (C=O) groups excluding carboxylic acids is 1. The van der Waals surface area contributed by atoms with Crippen molar-refractivity contribution in [3.8, 4) is 0 Å². The molecule has 1 amide bonds. The molecular formula is C21H25NO4S2. The maximum Gasteiger partial charge on any atom is 0.221 e. The topological polar surface area (TPSA) is 72.5 Å². The maximum absolute atomic E-state index is 12.3. The van der Waals surface area contributed by atoms with Crippen molar-refractivity contribution in [3.63, 3.8) is 0 Å². The summed E-state index contributed by atoms with van der Waals surface area (Å²) in [6, 6.07) is 18.4. The third-order valence-corrected chi connectivity index (χ3v) is 8.01. The molecule has 1 aliphatic heterocycles. The lowest BCUT2D eigenvalue weighted by Gasteiger charge is -2.36. The van der Waals surface area contributed by atoms with E-state index in [1.165, 1.54) is 0 Å². The number of thioether (sulfide) groups is 1. The molecule has 5 nitrogen and oxygen atoms in total. The monoisotopic (exact) mass is 419 g/mol. The predicted molar refractivity (Wildman–Crippen MR) is 111 cm³/mol. The average molecular weight is 420 g/mol. The lowest BCUT2D eigenvalue weighted by molar-refractivity contribution is -0.120. The summed E-state index contributed by atoms with van der Waals surface area (Å²) in [7, 11) is -3.45. The van der Waals surface area contributed by atoms with E-state index in [4.69, 9.17) is 4.74 Å².